The smallest absolute Gasteiger partial charge is 0.0685 e. The predicted molar refractivity (Wildman–Crippen MR) is 49.3 cm³/mol. The molecule has 0 atom stereocenters. The fourth-order valence-corrected chi connectivity index (χ4v) is 1.21. The largest absolute Gasteiger partial charge is 0.304 e. The molecule has 1 rings (SSSR count). The van der Waals surface area contributed by atoms with Crippen molar-refractivity contribution in [3.63, 3.8) is 0 Å². The van der Waals surface area contributed by atoms with Gasteiger partial charge in [-0.3, -0.25) is 4.98 Å². The lowest BCUT2D eigenvalue weighted by atomic mass is 10.3. The SMILES string of the molecule is CN(C)Cc1ncccc1Br. The van der Waals surface area contributed by atoms with Gasteiger partial charge in [-0.1, -0.05) is 0 Å². The van der Waals surface area contributed by atoms with Gasteiger partial charge in [0.25, 0.3) is 0 Å². The van der Waals surface area contributed by atoms with Crippen molar-refractivity contribution in [3.05, 3.63) is 28.5 Å². The third kappa shape index (κ3) is 2.60. The van der Waals surface area contributed by atoms with Crippen LogP contribution >= 0.6 is 15.9 Å². The lowest BCUT2D eigenvalue weighted by molar-refractivity contribution is 0.396. The zero-order valence-electron chi connectivity index (χ0n) is 6.71. The number of hydrogen-bond donors (Lipinski definition) is 0. The van der Waals surface area contributed by atoms with Gasteiger partial charge in [-0.05, 0) is 42.2 Å². The molecule has 1 aromatic heterocycles. The Hall–Kier alpha value is -0.410. The van der Waals surface area contributed by atoms with Gasteiger partial charge in [0.05, 0.1) is 5.69 Å². The van der Waals surface area contributed by atoms with Crippen LogP contribution in [0.25, 0.3) is 0 Å². The van der Waals surface area contributed by atoms with Crippen molar-refractivity contribution >= 4 is 15.9 Å². The maximum Gasteiger partial charge on any atom is 0.0685 e. The molecular formula is C8H11BrN2. The van der Waals surface area contributed by atoms with Crippen LogP contribution in [0.5, 0.6) is 0 Å². The number of nitrogens with zero attached hydrogens (tertiary/aromatic N) is 2. The first-order valence-electron chi connectivity index (χ1n) is 3.44. The standard InChI is InChI=1S/C8H11BrN2/c1-11(2)6-8-7(9)4-3-5-10-8/h3-5H,6H2,1-2H3. The molecule has 0 aliphatic heterocycles. The van der Waals surface area contributed by atoms with Crippen molar-refractivity contribution in [2.24, 2.45) is 0 Å². The highest BCUT2D eigenvalue weighted by atomic mass is 79.9. The Morgan fingerprint density at radius 3 is 2.82 bits per heavy atom. The van der Waals surface area contributed by atoms with E-state index in [1.54, 1.807) is 0 Å². The van der Waals surface area contributed by atoms with Crippen LogP contribution < -0.4 is 0 Å². The van der Waals surface area contributed by atoms with Gasteiger partial charge in [-0.15, -0.1) is 0 Å². The van der Waals surface area contributed by atoms with Gasteiger partial charge in [0.15, 0.2) is 0 Å². The molecular weight excluding hydrogens is 204 g/mol. The molecule has 0 spiro atoms. The zero-order valence-corrected chi connectivity index (χ0v) is 8.30. The second-order valence-corrected chi connectivity index (χ2v) is 3.52. The van der Waals surface area contributed by atoms with E-state index in [0.717, 1.165) is 16.7 Å². The number of halogens is 1. The molecule has 11 heavy (non-hydrogen) atoms. The summed E-state index contributed by atoms with van der Waals surface area (Å²) in [6.45, 7) is 0.876. The molecule has 0 fully saturated rings. The molecule has 0 N–H and O–H groups in total. The first-order chi connectivity index (χ1) is 5.20. The van der Waals surface area contributed by atoms with Crippen LogP contribution in [0.2, 0.25) is 0 Å². The third-order valence-electron chi connectivity index (χ3n) is 1.30. The Labute approximate surface area is 75.4 Å². The summed E-state index contributed by atoms with van der Waals surface area (Å²) < 4.78 is 1.08. The molecule has 60 valence electrons. The molecule has 0 bridgehead atoms. The molecule has 1 aromatic rings. The van der Waals surface area contributed by atoms with E-state index in [4.69, 9.17) is 0 Å². The molecule has 3 heteroatoms. The van der Waals surface area contributed by atoms with Gasteiger partial charge in [-0.2, -0.15) is 0 Å². The summed E-state index contributed by atoms with van der Waals surface area (Å²) >= 11 is 3.44. The van der Waals surface area contributed by atoms with Gasteiger partial charge < -0.3 is 4.90 Å². The maximum atomic E-state index is 4.23. The van der Waals surface area contributed by atoms with Crippen molar-refractivity contribution in [2.45, 2.75) is 6.54 Å². The summed E-state index contributed by atoms with van der Waals surface area (Å²) in [4.78, 5) is 6.32. The van der Waals surface area contributed by atoms with Crippen molar-refractivity contribution < 1.29 is 0 Å². The highest BCUT2D eigenvalue weighted by Crippen LogP contribution is 2.13. The number of hydrogen-bond acceptors (Lipinski definition) is 2. The van der Waals surface area contributed by atoms with Gasteiger partial charge in [0, 0.05) is 17.2 Å². The monoisotopic (exact) mass is 214 g/mol. The van der Waals surface area contributed by atoms with Crippen LogP contribution in [0.4, 0.5) is 0 Å². The summed E-state index contributed by atoms with van der Waals surface area (Å²) in [5, 5.41) is 0. The second-order valence-electron chi connectivity index (χ2n) is 2.67. The van der Waals surface area contributed by atoms with E-state index in [1.165, 1.54) is 0 Å². The van der Waals surface area contributed by atoms with Crippen LogP contribution in [0.1, 0.15) is 5.69 Å². The molecule has 0 unspecified atom stereocenters. The minimum atomic E-state index is 0.876. The first-order valence-corrected chi connectivity index (χ1v) is 4.23. The second kappa shape index (κ2) is 3.83. The summed E-state index contributed by atoms with van der Waals surface area (Å²) in [7, 11) is 4.06. The van der Waals surface area contributed by atoms with Gasteiger partial charge in [0.2, 0.25) is 0 Å². The minimum absolute atomic E-state index is 0.876. The van der Waals surface area contributed by atoms with Crippen molar-refractivity contribution in [1.82, 2.24) is 9.88 Å². The molecule has 2 nitrogen and oxygen atoms in total. The maximum absolute atomic E-state index is 4.23. The fraction of sp³-hybridized carbons (Fsp3) is 0.375. The fourth-order valence-electron chi connectivity index (χ4n) is 0.834. The molecule has 0 saturated heterocycles. The van der Waals surface area contributed by atoms with E-state index >= 15 is 0 Å². The Morgan fingerprint density at radius 2 is 2.27 bits per heavy atom. The molecule has 0 aromatic carbocycles. The molecule has 0 amide bonds. The van der Waals surface area contributed by atoms with Crippen molar-refractivity contribution in [1.29, 1.82) is 0 Å². The molecule has 0 aliphatic rings. The van der Waals surface area contributed by atoms with E-state index in [-0.39, 0.29) is 0 Å². The Morgan fingerprint density at radius 1 is 1.55 bits per heavy atom. The first kappa shape index (κ1) is 8.68. The Kier molecular flexibility index (Phi) is 3.02. The molecule has 0 saturated carbocycles. The number of pyridine rings is 1. The lowest BCUT2D eigenvalue weighted by Crippen LogP contribution is -2.12. The van der Waals surface area contributed by atoms with E-state index < -0.39 is 0 Å². The molecule has 0 aliphatic carbocycles. The lowest BCUT2D eigenvalue weighted by Gasteiger charge is -2.09. The van der Waals surface area contributed by atoms with E-state index in [2.05, 4.69) is 25.8 Å². The molecule has 0 radical (unpaired) electrons. The van der Waals surface area contributed by atoms with E-state index in [1.807, 2.05) is 32.4 Å². The van der Waals surface area contributed by atoms with Gasteiger partial charge >= 0.3 is 0 Å². The highest BCUT2D eigenvalue weighted by molar-refractivity contribution is 9.10. The topological polar surface area (TPSA) is 16.1 Å². The minimum Gasteiger partial charge on any atom is -0.304 e. The summed E-state index contributed by atoms with van der Waals surface area (Å²) in [6, 6.07) is 3.93. The molecule has 1 heterocycles. The zero-order chi connectivity index (χ0) is 8.27. The Bertz CT molecular complexity index is 235. The van der Waals surface area contributed by atoms with Crippen LogP contribution in [-0.4, -0.2) is 24.0 Å². The average molecular weight is 215 g/mol. The number of rotatable bonds is 2. The summed E-state index contributed by atoms with van der Waals surface area (Å²) in [6.07, 6.45) is 1.81. The summed E-state index contributed by atoms with van der Waals surface area (Å²) in [5.74, 6) is 0. The number of aromatic nitrogens is 1. The third-order valence-corrected chi connectivity index (χ3v) is 2.02. The summed E-state index contributed by atoms with van der Waals surface area (Å²) in [5.41, 5.74) is 1.08. The van der Waals surface area contributed by atoms with Crippen LogP contribution in [0.15, 0.2) is 22.8 Å². The van der Waals surface area contributed by atoms with Crippen molar-refractivity contribution in [2.75, 3.05) is 14.1 Å². The van der Waals surface area contributed by atoms with Crippen LogP contribution in [-0.2, 0) is 6.54 Å². The van der Waals surface area contributed by atoms with Crippen molar-refractivity contribution in [3.8, 4) is 0 Å². The predicted octanol–water partition coefficient (Wildman–Crippen LogP) is 1.91. The van der Waals surface area contributed by atoms with E-state index in [9.17, 15) is 0 Å². The van der Waals surface area contributed by atoms with Crippen LogP contribution in [0, 0.1) is 0 Å². The average Bonchev–Trinajstić information content (AvgIpc) is 1.93. The quantitative estimate of drug-likeness (QED) is 0.749. The van der Waals surface area contributed by atoms with E-state index in [0.29, 0.717) is 0 Å². The van der Waals surface area contributed by atoms with Crippen LogP contribution in [0.3, 0.4) is 0 Å². The van der Waals surface area contributed by atoms with Gasteiger partial charge in [0.1, 0.15) is 0 Å². The van der Waals surface area contributed by atoms with Gasteiger partial charge in [-0.25, -0.2) is 0 Å². The normalized spacial score (nSPS) is 10.5. The highest BCUT2D eigenvalue weighted by Gasteiger charge is 1.99. The Balaban J connectivity index is 2.78.